The minimum atomic E-state index is -0.0760. The maximum Gasteiger partial charge on any atom is 0.267 e. The summed E-state index contributed by atoms with van der Waals surface area (Å²) in [6, 6.07) is 3.71. The minimum absolute atomic E-state index is 0.0760. The van der Waals surface area contributed by atoms with Crippen molar-refractivity contribution in [1.82, 2.24) is 29.5 Å². The molecule has 0 bridgehead atoms. The fourth-order valence-electron chi connectivity index (χ4n) is 3.85. The molecule has 1 fully saturated rings. The Balaban J connectivity index is 1.25. The number of fused-ring (bicyclic) bond motifs is 1. The molecule has 0 saturated heterocycles. The lowest BCUT2D eigenvalue weighted by Gasteiger charge is -2.29. The predicted molar refractivity (Wildman–Crippen MR) is 104 cm³/mol. The van der Waals surface area contributed by atoms with Crippen LogP contribution in [0, 0.1) is 0 Å². The van der Waals surface area contributed by atoms with Gasteiger partial charge in [-0.25, -0.2) is 19.3 Å². The molecule has 10 heteroatoms. The van der Waals surface area contributed by atoms with Gasteiger partial charge in [0.1, 0.15) is 12.7 Å². The van der Waals surface area contributed by atoms with Crippen molar-refractivity contribution in [1.29, 1.82) is 0 Å². The molecule has 3 aromatic rings. The lowest BCUT2D eigenvalue weighted by atomic mass is 9.91. The summed E-state index contributed by atoms with van der Waals surface area (Å²) in [6.07, 6.45) is 7.70. The van der Waals surface area contributed by atoms with E-state index in [9.17, 15) is 4.79 Å². The number of nitrogens with one attached hydrogen (secondary N) is 1. The van der Waals surface area contributed by atoms with Crippen LogP contribution < -0.4 is 10.9 Å². The standard InChI is InChI=1S/C18H21N7O2S/c26-17-6-5-16(24-11-19-10-20-24)23-25(17)13-3-1-12(2-4-13)21-18-22-14-7-8-27-9-15(14)28-18/h5-6,10-13H,1-4,7-9H2,(H,21,22). The van der Waals surface area contributed by atoms with Crippen molar-refractivity contribution >= 4 is 16.5 Å². The lowest BCUT2D eigenvalue weighted by Crippen LogP contribution is -2.33. The third-order valence-electron chi connectivity index (χ3n) is 5.33. The monoisotopic (exact) mass is 399 g/mol. The number of aromatic nitrogens is 6. The normalized spacial score (nSPS) is 22.0. The van der Waals surface area contributed by atoms with Crippen LogP contribution in [0.1, 0.15) is 42.3 Å². The zero-order valence-corrected chi connectivity index (χ0v) is 16.1. The van der Waals surface area contributed by atoms with E-state index in [4.69, 9.17) is 9.72 Å². The van der Waals surface area contributed by atoms with Crippen molar-refractivity contribution in [2.45, 2.75) is 50.8 Å². The van der Waals surface area contributed by atoms with E-state index in [1.807, 2.05) is 0 Å². The molecule has 0 amide bonds. The molecule has 0 aromatic carbocycles. The van der Waals surface area contributed by atoms with Gasteiger partial charge in [0, 0.05) is 18.5 Å². The van der Waals surface area contributed by atoms with Gasteiger partial charge < -0.3 is 10.1 Å². The van der Waals surface area contributed by atoms with Crippen LogP contribution in [-0.4, -0.2) is 42.2 Å². The third kappa shape index (κ3) is 3.45. The molecule has 9 nitrogen and oxygen atoms in total. The van der Waals surface area contributed by atoms with Crippen molar-refractivity contribution in [2.24, 2.45) is 0 Å². The highest BCUT2D eigenvalue weighted by atomic mass is 32.1. The van der Waals surface area contributed by atoms with E-state index >= 15 is 0 Å². The third-order valence-corrected chi connectivity index (χ3v) is 6.33. The second kappa shape index (κ2) is 7.44. The number of hydrogen-bond donors (Lipinski definition) is 1. The Morgan fingerprint density at radius 3 is 2.89 bits per heavy atom. The van der Waals surface area contributed by atoms with Crippen molar-refractivity contribution in [3.05, 3.63) is 45.7 Å². The van der Waals surface area contributed by atoms with Gasteiger partial charge in [0.05, 0.1) is 29.8 Å². The summed E-state index contributed by atoms with van der Waals surface area (Å²) in [5, 5.41) is 13.2. The van der Waals surface area contributed by atoms with Gasteiger partial charge in [-0.1, -0.05) is 11.3 Å². The van der Waals surface area contributed by atoms with Crippen LogP contribution >= 0.6 is 11.3 Å². The van der Waals surface area contributed by atoms with E-state index in [-0.39, 0.29) is 11.6 Å². The molecule has 0 radical (unpaired) electrons. The number of rotatable bonds is 4. The van der Waals surface area contributed by atoms with Crippen LogP contribution in [0.2, 0.25) is 0 Å². The van der Waals surface area contributed by atoms with Crippen LogP contribution in [0.5, 0.6) is 0 Å². The van der Waals surface area contributed by atoms with Crippen LogP contribution in [0.25, 0.3) is 5.82 Å². The molecule has 146 valence electrons. The Hall–Kier alpha value is -2.59. The van der Waals surface area contributed by atoms with Gasteiger partial charge in [-0.2, -0.15) is 5.10 Å². The van der Waals surface area contributed by atoms with Gasteiger partial charge in [0.15, 0.2) is 10.9 Å². The molecule has 1 saturated carbocycles. The first-order valence-corrected chi connectivity index (χ1v) is 10.4. The van der Waals surface area contributed by atoms with Gasteiger partial charge in [0.25, 0.3) is 5.56 Å². The highest BCUT2D eigenvalue weighted by molar-refractivity contribution is 7.15. The summed E-state index contributed by atoms with van der Waals surface area (Å²) >= 11 is 1.70. The van der Waals surface area contributed by atoms with E-state index in [0.717, 1.165) is 43.8 Å². The second-order valence-corrected chi connectivity index (χ2v) is 8.24. The van der Waals surface area contributed by atoms with E-state index in [2.05, 4.69) is 20.5 Å². The first kappa shape index (κ1) is 17.5. The molecular weight excluding hydrogens is 378 g/mol. The van der Waals surface area contributed by atoms with Gasteiger partial charge in [-0.05, 0) is 31.7 Å². The molecule has 0 atom stereocenters. The van der Waals surface area contributed by atoms with E-state index in [1.54, 1.807) is 39.2 Å². The fourth-order valence-corrected chi connectivity index (χ4v) is 4.87. The van der Waals surface area contributed by atoms with Crippen LogP contribution in [0.4, 0.5) is 5.13 Å². The first-order valence-electron chi connectivity index (χ1n) is 9.54. The Morgan fingerprint density at radius 1 is 1.21 bits per heavy atom. The summed E-state index contributed by atoms with van der Waals surface area (Å²) < 4.78 is 8.67. The zero-order valence-electron chi connectivity index (χ0n) is 15.3. The summed E-state index contributed by atoms with van der Waals surface area (Å²) in [6.45, 7) is 1.44. The number of nitrogens with zero attached hydrogens (tertiary/aromatic N) is 6. The molecule has 1 aliphatic heterocycles. The predicted octanol–water partition coefficient (Wildman–Crippen LogP) is 1.95. The Morgan fingerprint density at radius 2 is 2.11 bits per heavy atom. The molecule has 4 heterocycles. The molecule has 28 heavy (non-hydrogen) atoms. The smallest absolute Gasteiger partial charge is 0.267 e. The van der Waals surface area contributed by atoms with E-state index < -0.39 is 0 Å². The Bertz CT molecular complexity index is 982. The van der Waals surface area contributed by atoms with Gasteiger partial charge in [-0.3, -0.25) is 4.79 Å². The Labute approximate surface area is 165 Å². The van der Waals surface area contributed by atoms with Gasteiger partial charge >= 0.3 is 0 Å². The summed E-state index contributed by atoms with van der Waals surface area (Å²) in [7, 11) is 0. The maximum absolute atomic E-state index is 12.3. The average Bonchev–Trinajstić information content (AvgIpc) is 3.38. The molecule has 5 rings (SSSR count). The molecule has 3 aromatic heterocycles. The van der Waals surface area contributed by atoms with E-state index in [0.29, 0.717) is 18.5 Å². The number of hydrogen-bond acceptors (Lipinski definition) is 8. The highest BCUT2D eigenvalue weighted by Crippen LogP contribution is 2.32. The van der Waals surface area contributed by atoms with Crippen LogP contribution in [-0.2, 0) is 17.8 Å². The van der Waals surface area contributed by atoms with Crippen molar-refractivity contribution < 1.29 is 4.74 Å². The van der Waals surface area contributed by atoms with Gasteiger partial charge in [0.2, 0.25) is 0 Å². The first-order chi connectivity index (χ1) is 13.8. The second-order valence-electron chi connectivity index (χ2n) is 7.16. The number of thiazole rings is 1. The largest absolute Gasteiger partial charge is 0.375 e. The maximum atomic E-state index is 12.3. The SMILES string of the molecule is O=c1ccc(-n2cncn2)nn1C1CCC(Nc2nc3c(s2)COCC3)CC1. The molecular formula is C18H21N7O2S. The van der Waals surface area contributed by atoms with Crippen molar-refractivity contribution in [2.75, 3.05) is 11.9 Å². The number of ether oxygens (including phenoxy) is 1. The van der Waals surface area contributed by atoms with Crippen molar-refractivity contribution in [3.8, 4) is 5.82 Å². The molecule has 1 N–H and O–H groups in total. The average molecular weight is 399 g/mol. The van der Waals surface area contributed by atoms with E-state index in [1.165, 1.54) is 16.9 Å². The molecule has 2 aliphatic rings. The summed E-state index contributed by atoms with van der Waals surface area (Å²) in [5.74, 6) is 0.605. The number of anilines is 1. The fraction of sp³-hybridized carbons (Fsp3) is 0.500. The zero-order chi connectivity index (χ0) is 18.9. The summed E-state index contributed by atoms with van der Waals surface area (Å²) in [5.41, 5.74) is 1.10. The minimum Gasteiger partial charge on any atom is -0.375 e. The van der Waals surface area contributed by atoms with Crippen LogP contribution in [0.3, 0.4) is 0 Å². The summed E-state index contributed by atoms with van der Waals surface area (Å²) in [4.78, 5) is 22.2. The van der Waals surface area contributed by atoms with Gasteiger partial charge in [-0.15, -0.1) is 5.10 Å². The molecule has 1 aliphatic carbocycles. The van der Waals surface area contributed by atoms with Crippen LogP contribution in [0.15, 0.2) is 29.6 Å². The highest BCUT2D eigenvalue weighted by Gasteiger charge is 2.25. The van der Waals surface area contributed by atoms with Crippen molar-refractivity contribution in [3.63, 3.8) is 0 Å². The topological polar surface area (TPSA) is 99.8 Å². The molecule has 0 spiro atoms. The lowest BCUT2D eigenvalue weighted by molar-refractivity contribution is 0.112. The Kier molecular flexibility index (Phi) is 4.65. The molecule has 0 unspecified atom stereocenters. The quantitative estimate of drug-likeness (QED) is 0.716.